The van der Waals surface area contributed by atoms with Crippen molar-refractivity contribution >= 4 is 37.5 Å². The molecule has 3 aromatic rings. The van der Waals surface area contributed by atoms with E-state index in [1.165, 1.54) is 0 Å². The minimum atomic E-state index is 0.400. The second-order valence-corrected chi connectivity index (χ2v) is 5.70. The number of nitrogen functional groups attached to an aromatic ring is 1. The van der Waals surface area contributed by atoms with Gasteiger partial charge in [0.15, 0.2) is 0 Å². The molecule has 0 atom stereocenters. The first-order chi connectivity index (χ1) is 9.65. The highest BCUT2D eigenvalue weighted by atomic mass is 79.9. The first-order valence-electron chi connectivity index (χ1n) is 5.65. The normalized spacial score (nSPS) is 10.7. The summed E-state index contributed by atoms with van der Waals surface area (Å²) < 4.78 is 6.90. The number of pyridine rings is 1. The second kappa shape index (κ2) is 5.34. The SMILES string of the molecule is Nc1cc(-c2nc(-c3ncccc3Br)no2)ccc1Br. The minimum absolute atomic E-state index is 0.400. The van der Waals surface area contributed by atoms with Gasteiger partial charge in [-0.2, -0.15) is 4.98 Å². The third kappa shape index (κ3) is 2.46. The Morgan fingerprint density at radius 3 is 2.70 bits per heavy atom. The van der Waals surface area contributed by atoms with Crippen LogP contribution in [0, 0.1) is 0 Å². The zero-order chi connectivity index (χ0) is 14.1. The number of benzene rings is 1. The summed E-state index contributed by atoms with van der Waals surface area (Å²) in [4.78, 5) is 8.56. The van der Waals surface area contributed by atoms with Gasteiger partial charge in [-0.25, -0.2) is 0 Å². The molecule has 0 unspecified atom stereocenters. The van der Waals surface area contributed by atoms with Crippen LogP contribution in [0.15, 0.2) is 50.0 Å². The van der Waals surface area contributed by atoms with Crippen LogP contribution in [0.25, 0.3) is 23.0 Å². The summed E-state index contributed by atoms with van der Waals surface area (Å²) in [6.07, 6.45) is 1.67. The number of aromatic nitrogens is 3. The van der Waals surface area contributed by atoms with Gasteiger partial charge < -0.3 is 10.3 Å². The van der Waals surface area contributed by atoms with Gasteiger partial charge in [-0.05, 0) is 62.2 Å². The number of nitrogens with zero attached hydrogens (tertiary/aromatic N) is 3. The number of halogens is 2. The van der Waals surface area contributed by atoms with Crippen LogP contribution in [-0.2, 0) is 0 Å². The number of anilines is 1. The minimum Gasteiger partial charge on any atom is -0.398 e. The van der Waals surface area contributed by atoms with Crippen LogP contribution in [0.2, 0.25) is 0 Å². The molecule has 0 aliphatic rings. The van der Waals surface area contributed by atoms with Crippen LogP contribution in [0.1, 0.15) is 0 Å². The quantitative estimate of drug-likeness (QED) is 0.665. The fourth-order valence-corrected chi connectivity index (χ4v) is 2.34. The molecule has 0 aliphatic carbocycles. The summed E-state index contributed by atoms with van der Waals surface area (Å²) >= 11 is 6.75. The van der Waals surface area contributed by atoms with E-state index < -0.39 is 0 Å². The summed E-state index contributed by atoms with van der Waals surface area (Å²) in [6.45, 7) is 0. The second-order valence-electron chi connectivity index (χ2n) is 3.99. The Morgan fingerprint density at radius 1 is 1.10 bits per heavy atom. The van der Waals surface area contributed by atoms with Crippen LogP contribution >= 0.6 is 31.9 Å². The van der Waals surface area contributed by atoms with E-state index in [-0.39, 0.29) is 0 Å². The maximum Gasteiger partial charge on any atom is 0.258 e. The van der Waals surface area contributed by atoms with Crippen molar-refractivity contribution in [3.05, 3.63) is 45.5 Å². The predicted molar refractivity (Wildman–Crippen MR) is 82.8 cm³/mol. The molecule has 0 saturated carbocycles. The summed E-state index contributed by atoms with van der Waals surface area (Å²) in [5, 5.41) is 3.94. The molecule has 7 heteroatoms. The Balaban J connectivity index is 2.02. The number of hydrogen-bond acceptors (Lipinski definition) is 5. The van der Waals surface area contributed by atoms with E-state index in [1.807, 2.05) is 24.3 Å². The van der Waals surface area contributed by atoms with Crippen molar-refractivity contribution in [3.63, 3.8) is 0 Å². The van der Waals surface area contributed by atoms with Gasteiger partial charge in [-0.1, -0.05) is 5.16 Å². The van der Waals surface area contributed by atoms with Gasteiger partial charge in [0.05, 0.1) is 0 Å². The molecule has 0 fully saturated rings. The monoisotopic (exact) mass is 394 g/mol. The van der Waals surface area contributed by atoms with Crippen LogP contribution < -0.4 is 5.73 Å². The molecule has 2 aromatic heterocycles. The largest absolute Gasteiger partial charge is 0.398 e. The Hall–Kier alpha value is -1.73. The molecule has 2 N–H and O–H groups in total. The molecule has 0 radical (unpaired) electrons. The van der Waals surface area contributed by atoms with E-state index in [0.717, 1.165) is 14.5 Å². The summed E-state index contributed by atoms with van der Waals surface area (Å²) in [7, 11) is 0. The van der Waals surface area contributed by atoms with Gasteiger partial charge in [0, 0.05) is 26.4 Å². The molecular formula is C13H8Br2N4O. The highest BCUT2D eigenvalue weighted by Crippen LogP contribution is 2.29. The van der Waals surface area contributed by atoms with Crippen molar-refractivity contribution in [2.75, 3.05) is 5.73 Å². The number of nitrogens with two attached hydrogens (primary N) is 1. The topological polar surface area (TPSA) is 77.8 Å². The van der Waals surface area contributed by atoms with Gasteiger partial charge in [-0.3, -0.25) is 4.98 Å². The zero-order valence-corrected chi connectivity index (χ0v) is 13.2. The highest BCUT2D eigenvalue weighted by Gasteiger charge is 2.14. The average molecular weight is 396 g/mol. The third-order valence-electron chi connectivity index (χ3n) is 2.64. The van der Waals surface area contributed by atoms with Crippen molar-refractivity contribution < 1.29 is 4.52 Å². The summed E-state index contributed by atoms with van der Waals surface area (Å²) in [5.74, 6) is 0.825. The Morgan fingerprint density at radius 2 is 1.95 bits per heavy atom. The molecule has 0 saturated heterocycles. The van der Waals surface area contributed by atoms with Gasteiger partial charge in [-0.15, -0.1) is 0 Å². The van der Waals surface area contributed by atoms with Crippen LogP contribution in [-0.4, -0.2) is 15.1 Å². The predicted octanol–water partition coefficient (Wildman–Crippen LogP) is 3.91. The Labute approximate surface area is 131 Å². The molecule has 1 aromatic carbocycles. The van der Waals surface area contributed by atoms with E-state index in [4.69, 9.17) is 10.3 Å². The number of hydrogen-bond donors (Lipinski definition) is 1. The third-order valence-corrected chi connectivity index (χ3v) is 4.00. The maximum atomic E-state index is 5.84. The lowest BCUT2D eigenvalue weighted by Gasteiger charge is -1.99. The van der Waals surface area contributed by atoms with E-state index in [9.17, 15) is 0 Å². The van der Waals surface area contributed by atoms with Gasteiger partial charge >= 0.3 is 0 Å². The first-order valence-corrected chi connectivity index (χ1v) is 7.24. The maximum absolute atomic E-state index is 5.84. The van der Waals surface area contributed by atoms with Crippen molar-refractivity contribution in [1.29, 1.82) is 0 Å². The standard InChI is InChI=1S/C13H8Br2N4O/c14-8-4-3-7(6-10(8)16)13-18-12(19-20-13)11-9(15)2-1-5-17-11/h1-6H,16H2. The molecule has 2 heterocycles. The molecule has 0 bridgehead atoms. The smallest absolute Gasteiger partial charge is 0.258 e. The van der Waals surface area contributed by atoms with Crippen molar-refractivity contribution in [2.24, 2.45) is 0 Å². The van der Waals surface area contributed by atoms with Crippen LogP contribution in [0.4, 0.5) is 5.69 Å². The Bertz CT molecular complexity index is 773. The van der Waals surface area contributed by atoms with E-state index >= 15 is 0 Å². The summed E-state index contributed by atoms with van der Waals surface area (Å²) in [5.41, 5.74) is 7.85. The van der Waals surface area contributed by atoms with Gasteiger partial charge in [0.25, 0.3) is 5.89 Å². The molecule has 100 valence electrons. The molecule has 3 rings (SSSR count). The van der Waals surface area contributed by atoms with Crippen molar-refractivity contribution in [3.8, 4) is 23.0 Å². The molecular weight excluding hydrogens is 388 g/mol. The Kier molecular flexibility index (Phi) is 3.54. The van der Waals surface area contributed by atoms with Crippen molar-refractivity contribution in [2.45, 2.75) is 0 Å². The molecule has 0 spiro atoms. The molecule has 20 heavy (non-hydrogen) atoms. The van der Waals surface area contributed by atoms with Crippen molar-refractivity contribution in [1.82, 2.24) is 15.1 Å². The highest BCUT2D eigenvalue weighted by molar-refractivity contribution is 9.11. The fraction of sp³-hybridized carbons (Fsp3) is 0. The van der Waals surface area contributed by atoms with E-state index in [1.54, 1.807) is 12.3 Å². The van der Waals surface area contributed by atoms with E-state index in [0.29, 0.717) is 23.1 Å². The molecule has 5 nitrogen and oxygen atoms in total. The average Bonchev–Trinajstić information content (AvgIpc) is 2.92. The lowest BCUT2D eigenvalue weighted by atomic mass is 10.2. The van der Waals surface area contributed by atoms with Crippen LogP contribution in [0.3, 0.4) is 0 Å². The fourth-order valence-electron chi connectivity index (χ4n) is 1.66. The molecule has 0 aliphatic heterocycles. The lowest BCUT2D eigenvalue weighted by Crippen LogP contribution is -1.88. The zero-order valence-electron chi connectivity index (χ0n) is 10.0. The number of rotatable bonds is 2. The van der Waals surface area contributed by atoms with Gasteiger partial charge in [0.2, 0.25) is 5.82 Å². The lowest BCUT2D eigenvalue weighted by molar-refractivity contribution is 0.432. The molecule has 0 amide bonds. The van der Waals surface area contributed by atoms with Crippen LogP contribution in [0.5, 0.6) is 0 Å². The van der Waals surface area contributed by atoms with Gasteiger partial charge in [0.1, 0.15) is 5.69 Å². The summed E-state index contributed by atoms with van der Waals surface area (Å²) in [6, 6.07) is 9.16. The van der Waals surface area contributed by atoms with E-state index in [2.05, 4.69) is 47.0 Å². The first kappa shape index (κ1) is 13.3.